The molecule has 0 saturated carbocycles. The highest BCUT2D eigenvalue weighted by atomic mass is 35.5. The molecule has 2 aromatic carbocycles. The summed E-state index contributed by atoms with van der Waals surface area (Å²) in [7, 11) is 0. The van der Waals surface area contributed by atoms with Crippen molar-refractivity contribution < 1.29 is 18.0 Å². The van der Waals surface area contributed by atoms with Gasteiger partial charge in [0.25, 0.3) is 5.91 Å². The number of hydrogen-bond donors (Lipinski definition) is 0. The van der Waals surface area contributed by atoms with Crippen LogP contribution in [0.25, 0.3) is 16.9 Å². The second-order valence-corrected chi connectivity index (χ2v) is 10.1. The Morgan fingerprint density at radius 1 is 0.973 bits per heavy atom. The van der Waals surface area contributed by atoms with Gasteiger partial charge in [-0.25, -0.2) is 4.98 Å². The lowest BCUT2D eigenvalue weighted by Crippen LogP contribution is -2.63. The predicted molar refractivity (Wildman–Crippen MR) is 135 cm³/mol. The third-order valence-electron chi connectivity index (χ3n) is 7.44. The van der Waals surface area contributed by atoms with Crippen LogP contribution in [0.1, 0.15) is 34.5 Å². The summed E-state index contributed by atoms with van der Waals surface area (Å²) in [5.41, 5.74) is 3.06. The summed E-state index contributed by atoms with van der Waals surface area (Å²) in [4.78, 5) is 22.3. The fourth-order valence-electron chi connectivity index (χ4n) is 5.58. The number of pyridine rings is 1. The van der Waals surface area contributed by atoms with Crippen molar-refractivity contribution in [3.63, 3.8) is 0 Å². The predicted octanol–water partition coefficient (Wildman–Crippen LogP) is 6.16. The monoisotopic (exact) mass is 524 g/mol. The number of alkyl halides is 3. The minimum Gasteiger partial charge on any atom is -0.333 e. The van der Waals surface area contributed by atoms with E-state index in [0.29, 0.717) is 24.7 Å². The van der Waals surface area contributed by atoms with Crippen LogP contribution in [-0.2, 0) is 12.7 Å². The number of hydrogen-bond acceptors (Lipinski definition) is 3. The van der Waals surface area contributed by atoms with Crippen LogP contribution in [0.2, 0.25) is 5.02 Å². The Morgan fingerprint density at radius 2 is 1.76 bits per heavy atom. The van der Waals surface area contributed by atoms with Crippen molar-refractivity contribution >= 4 is 23.2 Å². The van der Waals surface area contributed by atoms with Crippen LogP contribution in [0.5, 0.6) is 0 Å². The van der Waals surface area contributed by atoms with Gasteiger partial charge < -0.3 is 9.30 Å². The van der Waals surface area contributed by atoms with Crippen molar-refractivity contribution in [3.8, 4) is 11.3 Å². The van der Waals surface area contributed by atoms with Gasteiger partial charge in [0.1, 0.15) is 5.65 Å². The highest BCUT2D eigenvalue weighted by Crippen LogP contribution is 2.35. The van der Waals surface area contributed by atoms with E-state index >= 15 is 0 Å². The number of fused-ring (bicyclic) bond motifs is 4. The van der Waals surface area contributed by atoms with E-state index in [1.807, 2.05) is 48.7 Å². The number of aromatic nitrogens is 2. The molecule has 0 aliphatic carbocycles. The summed E-state index contributed by atoms with van der Waals surface area (Å²) in [5, 5.41) is 0.660. The molecule has 2 unspecified atom stereocenters. The fraction of sp³-hybridized carbons (Fsp3) is 0.286. The van der Waals surface area contributed by atoms with Crippen LogP contribution in [0.15, 0.2) is 72.9 Å². The summed E-state index contributed by atoms with van der Waals surface area (Å²) in [6.07, 6.45) is -0.709. The molecule has 4 aromatic rings. The lowest BCUT2D eigenvalue weighted by Gasteiger charge is -2.51. The zero-order chi connectivity index (χ0) is 25.7. The third kappa shape index (κ3) is 4.49. The van der Waals surface area contributed by atoms with Crippen molar-refractivity contribution in [3.05, 3.63) is 94.8 Å². The number of carbonyl (C=O) groups excluding carboxylic acids is 1. The molecule has 190 valence electrons. The Kier molecular flexibility index (Phi) is 5.96. The average Bonchev–Trinajstić information content (AvgIpc) is 3.27. The van der Waals surface area contributed by atoms with Crippen molar-refractivity contribution in [2.45, 2.75) is 37.6 Å². The molecule has 7 rings (SSSR count). The van der Waals surface area contributed by atoms with Gasteiger partial charge in [-0.15, -0.1) is 0 Å². The first-order chi connectivity index (χ1) is 17.8. The number of nitrogens with zero attached hydrogens (tertiary/aromatic N) is 4. The van der Waals surface area contributed by atoms with E-state index in [-0.39, 0.29) is 23.6 Å². The van der Waals surface area contributed by atoms with Gasteiger partial charge >= 0.3 is 6.18 Å². The van der Waals surface area contributed by atoms with Gasteiger partial charge in [-0.2, -0.15) is 13.2 Å². The van der Waals surface area contributed by atoms with Gasteiger partial charge in [0.15, 0.2) is 0 Å². The van der Waals surface area contributed by atoms with E-state index < -0.39 is 11.7 Å². The van der Waals surface area contributed by atoms with E-state index in [4.69, 9.17) is 16.6 Å². The SMILES string of the molecule is O=C(c1cccc(C(F)(F)F)c1)N1CC2CCC1CN2Cc1c(-c2ccc(Cl)cc2)nc2ccccn12. The number of carbonyl (C=O) groups is 1. The van der Waals surface area contributed by atoms with E-state index in [1.165, 1.54) is 12.1 Å². The molecule has 3 saturated heterocycles. The second-order valence-electron chi connectivity index (χ2n) is 9.69. The van der Waals surface area contributed by atoms with Gasteiger partial charge in [-0.3, -0.25) is 9.69 Å². The van der Waals surface area contributed by atoms with Gasteiger partial charge in [-0.1, -0.05) is 35.9 Å². The Balaban J connectivity index is 1.26. The van der Waals surface area contributed by atoms with Crippen molar-refractivity contribution in [1.82, 2.24) is 19.2 Å². The van der Waals surface area contributed by atoms with Crippen LogP contribution in [0, 0.1) is 0 Å². The molecule has 0 N–H and O–H groups in total. The molecule has 2 atom stereocenters. The van der Waals surface area contributed by atoms with Gasteiger partial charge in [0.2, 0.25) is 0 Å². The van der Waals surface area contributed by atoms with Crippen LogP contribution in [0.4, 0.5) is 13.2 Å². The zero-order valence-corrected chi connectivity index (χ0v) is 20.6. The smallest absolute Gasteiger partial charge is 0.333 e. The molecule has 5 nitrogen and oxygen atoms in total. The largest absolute Gasteiger partial charge is 0.416 e. The zero-order valence-electron chi connectivity index (χ0n) is 19.8. The number of rotatable bonds is 4. The van der Waals surface area contributed by atoms with Crippen LogP contribution >= 0.6 is 11.6 Å². The first kappa shape index (κ1) is 24.0. The number of benzene rings is 2. The lowest BCUT2D eigenvalue weighted by molar-refractivity contribution is -0.137. The lowest BCUT2D eigenvalue weighted by atomic mass is 9.89. The maximum atomic E-state index is 13.2. The topological polar surface area (TPSA) is 40.9 Å². The molecule has 0 spiro atoms. The number of imidazole rings is 1. The summed E-state index contributed by atoms with van der Waals surface area (Å²) in [6.45, 7) is 1.80. The summed E-state index contributed by atoms with van der Waals surface area (Å²) in [6, 6.07) is 18.3. The van der Waals surface area contributed by atoms with E-state index in [0.717, 1.165) is 47.6 Å². The van der Waals surface area contributed by atoms with Crippen molar-refractivity contribution in [2.24, 2.45) is 0 Å². The minimum absolute atomic E-state index is 0.0507. The third-order valence-corrected chi connectivity index (χ3v) is 7.69. The van der Waals surface area contributed by atoms with Crippen molar-refractivity contribution in [2.75, 3.05) is 13.1 Å². The Hall–Kier alpha value is -3.36. The molecule has 2 bridgehead atoms. The molecular weight excluding hydrogens is 501 g/mol. The molecule has 9 heteroatoms. The number of piperazine rings is 1. The van der Waals surface area contributed by atoms with Crippen LogP contribution in [0.3, 0.4) is 0 Å². The van der Waals surface area contributed by atoms with E-state index in [9.17, 15) is 18.0 Å². The summed E-state index contributed by atoms with van der Waals surface area (Å²) in [5.74, 6) is -0.336. The summed E-state index contributed by atoms with van der Waals surface area (Å²) < 4.78 is 41.7. The van der Waals surface area contributed by atoms with E-state index in [2.05, 4.69) is 9.30 Å². The Bertz CT molecular complexity index is 1470. The fourth-order valence-corrected chi connectivity index (χ4v) is 5.71. The average molecular weight is 525 g/mol. The molecule has 2 aromatic heterocycles. The first-order valence-corrected chi connectivity index (χ1v) is 12.6. The van der Waals surface area contributed by atoms with Gasteiger partial charge in [0, 0.05) is 54.1 Å². The minimum atomic E-state index is -4.48. The van der Waals surface area contributed by atoms with Gasteiger partial charge in [-0.05, 0) is 55.3 Å². The van der Waals surface area contributed by atoms with E-state index in [1.54, 1.807) is 4.90 Å². The molecule has 0 radical (unpaired) electrons. The molecule has 5 heterocycles. The molecule has 3 aliphatic rings. The molecule has 3 fully saturated rings. The number of piperidine rings is 2. The van der Waals surface area contributed by atoms with Crippen LogP contribution < -0.4 is 0 Å². The number of amides is 1. The maximum Gasteiger partial charge on any atom is 0.416 e. The standard InChI is InChI=1S/C28H24ClF3N4O/c29-21-9-7-18(8-10-21)26-24(35-13-2-1-6-25(35)33-26)17-34-15-23-12-11-22(34)16-36(23)27(37)19-4-3-5-20(14-19)28(30,31)32/h1-10,13-14,22-23H,11-12,15-17H2. The first-order valence-electron chi connectivity index (χ1n) is 12.2. The number of halogens is 4. The Morgan fingerprint density at radius 3 is 2.49 bits per heavy atom. The maximum absolute atomic E-state index is 13.2. The Labute approximate surface area is 217 Å². The highest BCUT2D eigenvalue weighted by Gasteiger charge is 2.42. The molecule has 1 amide bonds. The van der Waals surface area contributed by atoms with Crippen molar-refractivity contribution in [1.29, 1.82) is 0 Å². The highest BCUT2D eigenvalue weighted by molar-refractivity contribution is 6.30. The molecule has 37 heavy (non-hydrogen) atoms. The quantitative estimate of drug-likeness (QED) is 0.321. The normalized spacial score (nSPS) is 20.1. The van der Waals surface area contributed by atoms with Crippen LogP contribution in [-0.4, -0.2) is 50.3 Å². The van der Waals surface area contributed by atoms with Gasteiger partial charge in [0.05, 0.1) is 17.0 Å². The molecule has 3 aliphatic heterocycles. The molecular formula is C28H24ClF3N4O. The second kappa shape index (κ2) is 9.19. The summed E-state index contributed by atoms with van der Waals surface area (Å²) >= 11 is 6.11.